The van der Waals surface area contributed by atoms with E-state index in [1.165, 1.54) is 0 Å². The lowest BCUT2D eigenvalue weighted by molar-refractivity contribution is -0.0447. The molecule has 0 bridgehead atoms. The largest absolute Gasteiger partial charge is 0.497 e. The number of aliphatic hydroxyl groups excluding tert-OH is 1. The molecule has 1 unspecified atom stereocenters. The van der Waals surface area contributed by atoms with E-state index in [1.807, 2.05) is 0 Å². The molecule has 1 amide bonds. The van der Waals surface area contributed by atoms with Gasteiger partial charge in [-0.15, -0.1) is 0 Å². The van der Waals surface area contributed by atoms with E-state index in [1.54, 1.807) is 30.2 Å². The Balaban J connectivity index is 2.15. The maximum absolute atomic E-state index is 12.3. The standard InChI is InChI=1S/C13H18N2O4/c1-18-9-2-3-11(12(14)6-9)13(17)15-4-5-19-10(7-15)8-16/h2-3,6,10,16H,4-5,7-8,14H2,1H3. The second kappa shape index (κ2) is 5.90. The van der Waals surface area contributed by atoms with Crippen molar-refractivity contribution in [2.24, 2.45) is 0 Å². The Kier molecular flexibility index (Phi) is 4.24. The van der Waals surface area contributed by atoms with E-state index < -0.39 is 0 Å². The molecule has 1 aliphatic rings. The number of hydrogen-bond acceptors (Lipinski definition) is 5. The highest BCUT2D eigenvalue weighted by Crippen LogP contribution is 2.21. The zero-order chi connectivity index (χ0) is 13.8. The van der Waals surface area contributed by atoms with E-state index >= 15 is 0 Å². The van der Waals surface area contributed by atoms with Crippen molar-refractivity contribution in [2.75, 3.05) is 39.1 Å². The highest BCUT2D eigenvalue weighted by molar-refractivity contribution is 5.99. The van der Waals surface area contributed by atoms with Gasteiger partial charge in [-0.1, -0.05) is 0 Å². The van der Waals surface area contributed by atoms with Gasteiger partial charge in [0.2, 0.25) is 0 Å². The molecule has 0 saturated carbocycles. The Labute approximate surface area is 111 Å². The zero-order valence-corrected chi connectivity index (χ0v) is 10.8. The van der Waals surface area contributed by atoms with Gasteiger partial charge < -0.3 is 25.2 Å². The third kappa shape index (κ3) is 2.97. The Morgan fingerprint density at radius 3 is 3.05 bits per heavy atom. The van der Waals surface area contributed by atoms with Crippen LogP contribution in [0.1, 0.15) is 10.4 Å². The van der Waals surface area contributed by atoms with Gasteiger partial charge in [0, 0.05) is 24.8 Å². The Morgan fingerprint density at radius 2 is 2.42 bits per heavy atom. The molecule has 0 aliphatic carbocycles. The summed E-state index contributed by atoms with van der Waals surface area (Å²) < 4.78 is 10.4. The average molecular weight is 266 g/mol. The van der Waals surface area contributed by atoms with Crippen LogP contribution in [0.4, 0.5) is 5.69 Å². The minimum Gasteiger partial charge on any atom is -0.497 e. The maximum atomic E-state index is 12.3. The van der Waals surface area contributed by atoms with Crippen molar-refractivity contribution in [1.29, 1.82) is 0 Å². The SMILES string of the molecule is COc1ccc(C(=O)N2CCOC(CO)C2)c(N)c1. The summed E-state index contributed by atoms with van der Waals surface area (Å²) in [5, 5.41) is 9.08. The Bertz CT molecular complexity index is 464. The van der Waals surface area contributed by atoms with Crippen molar-refractivity contribution in [1.82, 2.24) is 4.90 Å². The summed E-state index contributed by atoms with van der Waals surface area (Å²) >= 11 is 0. The van der Waals surface area contributed by atoms with Crippen molar-refractivity contribution in [3.63, 3.8) is 0 Å². The predicted octanol–water partition coefficient (Wildman–Crippen LogP) is 0.111. The number of carbonyl (C=O) groups excluding carboxylic acids is 1. The molecule has 1 aromatic carbocycles. The Hall–Kier alpha value is -1.79. The lowest BCUT2D eigenvalue weighted by Gasteiger charge is -2.32. The van der Waals surface area contributed by atoms with Gasteiger partial charge >= 0.3 is 0 Å². The molecule has 6 nitrogen and oxygen atoms in total. The summed E-state index contributed by atoms with van der Waals surface area (Å²) in [6.45, 7) is 1.20. The number of benzene rings is 1. The molecule has 0 aromatic heterocycles. The van der Waals surface area contributed by atoms with Gasteiger partial charge in [0.15, 0.2) is 0 Å². The molecule has 0 radical (unpaired) electrons. The summed E-state index contributed by atoms with van der Waals surface area (Å²) in [5.74, 6) is 0.464. The molecular weight excluding hydrogens is 248 g/mol. The zero-order valence-electron chi connectivity index (χ0n) is 10.8. The van der Waals surface area contributed by atoms with Crippen molar-refractivity contribution in [2.45, 2.75) is 6.10 Å². The first-order valence-corrected chi connectivity index (χ1v) is 6.11. The maximum Gasteiger partial charge on any atom is 0.256 e. The van der Waals surface area contributed by atoms with Gasteiger partial charge in [-0.05, 0) is 12.1 Å². The average Bonchev–Trinajstić information content (AvgIpc) is 2.46. The number of aliphatic hydroxyl groups is 1. The van der Waals surface area contributed by atoms with Crippen LogP contribution in [0.2, 0.25) is 0 Å². The van der Waals surface area contributed by atoms with E-state index in [0.29, 0.717) is 36.7 Å². The first-order valence-electron chi connectivity index (χ1n) is 6.11. The van der Waals surface area contributed by atoms with Crippen LogP contribution < -0.4 is 10.5 Å². The van der Waals surface area contributed by atoms with Gasteiger partial charge in [0.25, 0.3) is 5.91 Å². The van der Waals surface area contributed by atoms with Crippen LogP contribution in [-0.2, 0) is 4.74 Å². The van der Waals surface area contributed by atoms with E-state index in [-0.39, 0.29) is 18.6 Å². The molecule has 6 heteroatoms. The summed E-state index contributed by atoms with van der Waals surface area (Å²) in [5.41, 5.74) is 6.69. The fourth-order valence-corrected chi connectivity index (χ4v) is 2.05. The molecule has 19 heavy (non-hydrogen) atoms. The van der Waals surface area contributed by atoms with Crippen molar-refractivity contribution >= 4 is 11.6 Å². The van der Waals surface area contributed by atoms with Crippen LogP contribution >= 0.6 is 0 Å². The van der Waals surface area contributed by atoms with Crippen LogP contribution in [0.3, 0.4) is 0 Å². The number of hydrogen-bond donors (Lipinski definition) is 2. The van der Waals surface area contributed by atoms with Crippen LogP contribution in [0, 0.1) is 0 Å². The molecule has 1 aromatic rings. The van der Waals surface area contributed by atoms with Crippen LogP contribution in [-0.4, -0.2) is 55.4 Å². The van der Waals surface area contributed by atoms with E-state index in [0.717, 1.165) is 0 Å². The van der Waals surface area contributed by atoms with Crippen molar-refractivity contribution in [3.8, 4) is 5.75 Å². The van der Waals surface area contributed by atoms with Gasteiger partial charge in [0.1, 0.15) is 5.75 Å². The summed E-state index contributed by atoms with van der Waals surface area (Å²) in [6.07, 6.45) is -0.322. The van der Waals surface area contributed by atoms with Crippen LogP contribution in [0.25, 0.3) is 0 Å². The van der Waals surface area contributed by atoms with Gasteiger partial charge in [0.05, 0.1) is 32.0 Å². The van der Waals surface area contributed by atoms with E-state index in [4.69, 9.17) is 20.3 Å². The number of nitrogen functional groups attached to an aromatic ring is 1. The summed E-state index contributed by atoms with van der Waals surface area (Å²) in [6, 6.07) is 4.98. The molecule has 1 fully saturated rings. The number of nitrogens with two attached hydrogens (primary N) is 1. The Morgan fingerprint density at radius 1 is 1.63 bits per heavy atom. The number of amides is 1. The fourth-order valence-electron chi connectivity index (χ4n) is 2.05. The predicted molar refractivity (Wildman–Crippen MR) is 70.1 cm³/mol. The van der Waals surface area contributed by atoms with Crippen molar-refractivity contribution in [3.05, 3.63) is 23.8 Å². The first kappa shape index (κ1) is 13.6. The minimum atomic E-state index is -0.322. The van der Waals surface area contributed by atoms with Gasteiger partial charge in [-0.25, -0.2) is 0 Å². The molecule has 1 heterocycles. The van der Waals surface area contributed by atoms with Gasteiger partial charge in [-0.3, -0.25) is 4.79 Å². The summed E-state index contributed by atoms with van der Waals surface area (Å²) in [7, 11) is 1.55. The molecular formula is C13H18N2O4. The van der Waals surface area contributed by atoms with Crippen LogP contribution in [0.15, 0.2) is 18.2 Å². The smallest absolute Gasteiger partial charge is 0.256 e. The quantitative estimate of drug-likeness (QED) is 0.759. The third-order valence-corrected chi connectivity index (χ3v) is 3.12. The minimum absolute atomic E-state index is 0.0954. The first-order chi connectivity index (χ1) is 9.15. The monoisotopic (exact) mass is 266 g/mol. The lowest BCUT2D eigenvalue weighted by atomic mass is 10.1. The molecule has 2 rings (SSSR count). The molecule has 3 N–H and O–H groups in total. The number of nitrogens with zero attached hydrogens (tertiary/aromatic N) is 1. The van der Waals surface area contributed by atoms with Gasteiger partial charge in [-0.2, -0.15) is 0 Å². The van der Waals surface area contributed by atoms with Crippen molar-refractivity contribution < 1.29 is 19.4 Å². The van der Waals surface area contributed by atoms with Crippen LogP contribution in [0.5, 0.6) is 5.75 Å². The number of anilines is 1. The number of rotatable bonds is 3. The molecule has 1 aliphatic heterocycles. The topological polar surface area (TPSA) is 85.0 Å². The number of carbonyl (C=O) groups is 1. The molecule has 1 saturated heterocycles. The number of methoxy groups -OCH3 is 1. The third-order valence-electron chi connectivity index (χ3n) is 3.12. The highest BCUT2D eigenvalue weighted by Gasteiger charge is 2.25. The van der Waals surface area contributed by atoms with E-state index in [2.05, 4.69) is 0 Å². The second-order valence-corrected chi connectivity index (χ2v) is 4.38. The molecule has 1 atom stereocenters. The van der Waals surface area contributed by atoms with E-state index in [9.17, 15) is 4.79 Å². The number of ether oxygens (including phenoxy) is 2. The lowest BCUT2D eigenvalue weighted by Crippen LogP contribution is -2.47. The molecule has 104 valence electrons. The normalized spacial score (nSPS) is 19.3. The number of morpholine rings is 1. The second-order valence-electron chi connectivity index (χ2n) is 4.38. The highest BCUT2D eigenvalue weighted by atomic mass is 16.5. The molecule has 0 spiro atoms. The fraction of sp³-hybridized carbons (Fsp3) is 0.462. The summed E-state index contributed by atoms with van der Waals surface area (Å²) in [4.78, 5) is 14.0.